The van der Waals surface area contributed by atoms with Crippen molar-refractivity contribution < 1.29 is 19.7 Å². The number of fused-ring (bicyclic) bond motifs is 3. The number of hydrogen-bond donors (Lipinski definition) is 2. The van der Waals surface area contributed by atoms with E-state index >= 15 is 0 Å². The first-order valence-corrected chi connectivity index (χ1v) is 10.6. The Kier molecular flexibility index (Phi) is 5.88. The highest BCUT2D eigenvalue weighted by atomic mass is 16.5. The molecule has 0 aromatic rings. The number of aliphatic hydroxyl groups excluding tert-OH is 2. The number of allylic oxidation sites excluding steroid dienone is 4. The molecule has 0 aromatic heterocycles. The van der Waals surface area contributed by atoms with E-state index in [0.29, 0.717) is 11.8 Å². The van der Waals surface area contributed by atoms with E-state index in [2.05, 4.69) is 39.8 Å². The van der Waals surface area contributed by atoms with Crippen LogP contribution in [0.3, 0.4) is 0 Å². The molecule has 3 aliphatic rings. The molecule has 4 nitrogen and oxygen atoms in total. The first-order chi connectivity index (χ1) is 12.7. The number of esters is 1. The van der Waals surface area contributed by atoms with Crippen molar-refractivity contribution >= 4 is 5.97 Å². The van der Waals surface area contributed by atoms with Crippen LogP contribution in [0.15, 0.2) is 23.3 Å². The van der Waals surface area contributed by atoms with Crippen LogP contribution in [-0.2, 0) is 9.53 Å². The van der Waals surface area contributed by atoms with Gasteiger partial charge in [-0.1, -0.05) is 44.9 Å². The molecule has 0 saturated heterocycles. The highest BCUT2D eigenvalue weighted by Gasteiger charge is 2.57. The molecule has 0 spiro atoms. The van der Waals surface area contributed by atoms with Gasteiger partial charge in [0.05, 0.1) is 12.0 Å². The zero-order chi connectivity index (χ0) is 19.8. The van der Waals surface area contributed by atoms with E-state index in [1.807, 2.05) is 0 Å². The SMILES string of the molecule is CC(C)C1=CC2=CC[C@@H]3[C@](C)(CCC[C@]3(C)C(=O)OC[C@@H](O)CO)[C@@H]2CC1. The topological polar surface area (TPSA) is 66.8 Å². The van der Waals surface area contributed by atoms with Gasteiger partial charge in [-0.3, -0.25) is 4.79 Å². The van der Waals surface area contributed by atoms with E-state index in [0.717, 1.165) is 32.1 Å². The largest absolute Gasteiger partial charge is 0.462 e. The number of hydrogen-bond acceptors (Lipinski definition) is 4. The van der Waals surface area contributed by atoms with Gasteiger partial charge in [0.15, 0.2) is 0 Å². The average molecular weight is 377 g/mol. The molecule has 3 aliphatic carbocycles. The minimum absolute atomic E-state index is 0.116. The second kappa shape index (κ2) is 7.71. The average Bonchev–Trinajstić information content (AvgIpc) is 2.65. The fraction of sp³-hybridized carbons (Fsp3) is 0.783. The van der Waals surface area contributed by atoms with Crippen molar-refractivity contribution in [3.05, 3.63) is 23.3 Å². The van der Waals surface area contributed by atoms with Gasteiger partial charge in [0.2, 0.25) is 0 Å². The van der Waals surface area contributed by atoms with E-state index < -0.39 is 11.5 Å². The van der Waals surface area contributed by atoms with Gasteiger partial charge in [0.25, 0.3) is 0 Å². The van der Waals surface area contributed by atoms with Crippen LogP contribution in [0.4, 0.5) is 0 Å². The predicted octanol–water partition coefficient (Wildman–Crippen LogP) is 4.02. The molecule has 1 fully saturated rings. The zero-order valence-corrected chi connectivity index (χ0v) is 17.3. The molecule has 0 radical (unpaired) electrons. The molecule has 4 heteroatoms. The fourth-order valence-corrected chi connectivity index (χ4v) is 5.98. The molecule has 0 aliphatic heterocycles. The number of rotatable bonds is 5. The summed E-state index contributed by atoms with van der Waals surface area (Å²) in [6, 6.07) is 0. The monoisotopic (exact) mass is 376 g/mol. The van der Waals surface area contributed by atoms with Crippen molar-refractivity contribution in [2.24, 2.45) is 28.6 Å². The molecule has 152 valence electrons. The lowest BCUT2D eigenvalue weighted by molar-refractivity contribution is -0.172. The summed E-state index contributed by atoms with van der Waals surface area (Å²) in [5, 5.41) is 18.5. The van der Waals surface area contributed by atoms with Crippen molar-refractivity contribution in [1.82, 2.24) is 0 Å². The highest BCUT2D eigenvalue weighted by Crippen LogP contribution is 2.62. The summed E-state index contributed by atoms with van der Waals surface area (Å²) < 4.78 is 5.43. The molecule has 0 bridgehead atoms. The lowest BCUT2D eigenvalue weighted by Gasteiger charge is -2.57. The summed E-state index contributed by atoms with van der Waals surface area (Å²) >= 11 is 0. The molecule has 0 heterocycles. The molecule has 2 N–H and O–H groups in total. The maximum absolute atomic E-state index is 13.0. The van der Waals surface area contributed by atoms with Crippen LogP contribution < -0.4 is 0 Å². The molecule has 0 aromatic carbocycles. The summed E-state index contributed by atoms with van der Waals surface area (Å²) in [6.07, 6.45) is 10.1. The minimum Gasteiger partial charge on any atom is -0.462 e. The third-order valence-electron chi connectivity index (χ3n) is 7.66. The Morgan fingerprint density at radius 2 is 2.07 bits per heavy atom. The second-order valence-electron chi connectivity index (χ2n) is 9.67. The molecule has 0 unspecified atom stereocenters. The van der Waals surface area contributed by atoms with Gasteiger partial charge in [-0.25, -0.2) is 0 Å². The highest BCUT2D eigenvalue weighted by molar-refractivity contribution is 5.77. The molecule has 3 rings (SSSR count). The Morgan fingerprint density at radius 3 is 2.74 bits per heavy atom. The second-order valence-corrected chi connectivity index (χ2v) is 9.67. The standard InChI is InChI=1S/C23H36O4/c1-15(2)16-6-8-19-17(12-16)7-9-20-22(19,3)10-5-11-23(20,4)21(26)27-14-18(25)13-24/h7,12,15,18-20,24-25H,5-6,8-11,13-14H2,1-4H3/t18-,19+,20+,22+,23-/m0/s1. The van der Waals surface area contributed by atoms with Crippen LogP contribution in [0.5, 0.6) is 0 Å². The van der Waals surface area contributed by atoms with Gasteiger partial charge in [0, 0.05) is 0 Å². The molecular weight excluding hydrogens is 340 g/mol. The normalized spacial score (nSPS) is 37.0. The van der Waals surface area contributed by atoms with E-state index in [-0.39, 0.29) is 30.5 Å². The van der Waals surface area contributed by atoms with Gasteiger partial charge >= 0.3 is 5.97 Å². The lowest BCUT2D eigenvalue weighted by atomic mass is 9.47. The summed E-state index contributed by atoms with van der Waals surface area (Å²) in [7, 11) is 0. The van der Waals surface area contributed by atoms with Crippen LogP contribution in [0, 0.1) is 28.6 Å². The van der Waals surface area contributed by atoms with Crippen LogP contribution in [0.25, 0.3) is 0 Å². The van der Waals surface area contributed by atoms with Crippen molar-refractivity contribution in [2.45, 2.75) is 72.3 Å². The molecule has 27 heavy (non-hydrogen) atoms. The first kappa shape index (κ1) is 20.6. The van der Waals surface area contributed by atoms with Gasteiger partial charge in [-0.05, 0) is 67.8 Å². The quantitative estimate of drug-likeness (QED) is 0.711. The molecular formula is C23H36O4. The Bertz CT molecular complexity index is 634. The first-order valence-electron chi connectivity index (χ1n) is 10.6. The minimum atomic E-state index is -0.997. The maximum Gasteiger partial charge on any atom is 0.312 e. The molecule has 5 atom stereocenters. The number of carbonyl (C=O) groups is 1. The van der Waals surface area contributed by atoms with E-state index in [1.165, 1.54) is 12.0 Å². The Hall–Kier alpha value is -1.13. The Morgan fingerprint density at radius 1 is 1.33 bits per heavy atom. The van der Waals surface area contributed by atoms with Crippen LogP contribution in [-0.4, -0.2) is 35.5 Å². The predicted molar refractivity (Wildman–Crippen MR) is 106 cm³/mol. The smallest absolute Gasteiger partial charge is 0.312 e. The number of carbonyl (C=O) groups excluding carboxylic acids is 1. The van der Waals surface area contributed by atoms with E-state index in [4.69, 9.17) is 9.84 Å². The lowest BCUT2D eigenvalue weighted by Crippen LogP contribution is -2.53. The number of ether oxygens (including phenoxy) is 1. The summed E-state index contributed by atoms with van der Waals surface area (Å²) in [5.74, 6) is 1.17. The summed E-state index contributed by atoms with van der Waals surface area (Å²) in [5.41, 5.74) is 2.63. The van der Waals surface area contributed by atoms with E-state index in [1.54, 1.807) is 5.57 Å². The van der Waals surface area contributed by atoms with Crippen LogP contribution in [0.2, 0.25) is 0 Å². The third kappa shape index (κ3) is 3.63. The number of aliphatic hydroxyl groups is 2. The molecule has 0 amide bonds. The Labute approximate surface area is 163 Å². The Balaban J connectivity index is 1.85. The van der Waals surface area contributed by atoms with Gasteiger partial charge in [0.1, 0.15) is 12.7 Å². The van der Waals surface area contributed by atoms with Gasteiger partial charge < -0.3 is 14.9 Å². The zero-order valence-electron chi connectivity index (χ0n) is 17.3. The molecule has 1 saturated carbocycles. The van der Waals surface area contributed by atoms with Crippen molar-refractivity contribution in [1.29, 1.82) is 0 Å². The van der Waals surface area contributed by atoms with Crippen LogP contribution >= 0.6 is 0 Å². The van der Waals surface area contributed by atoms with Crippen molar-refractivity contribution in [3.63, 3.8) is 0 Å². The summed E-state index contributed by atoms with van der Waals surface area (Å²) in [4.78, 5) is 13.0. The summed E-state index contributed by atoms with van der Waals surface area (Å²) in [6.45, 7) is 8.48. The van der Waals surface area contributed by atoms with Gasteiger partial charge in [-0.2, -0.15) is 0 Å². The fourth-order valence-electron chi connectivity index (χ4n) is 5.98. The third-order valence-corrected chi connectivity index (χ3v) is 7.66. The van der Waals surface area contributed by atoms with Crippen LogP contribution in [0.1, 0.15) is 66.2 Å². The van der Waals surface area contributed by atoms with E-state index in [9.17, 15) is 9.90 Å². The van der Waals surface area contributed by atoms with Crippen molar-refractivity contribution in [3.8, 4) is 0 Å². The van der Waals surface area contributed by atoms with Crippen molar-refractivity contribution in [2.75, 3.05) is 13.2 Å². The van der Waals surface area contributed by atoms with Gasteiger partial charge in [-0.15, -0.1) is 0 Å². The maximum atomic E-state index is 13.0.